The van der Waals surface area contributed by atoms with Crippen LogP contribution in [0.1, 0.15) is 29.6 Å². The summed E-state index contributed by atoms with van der Waals surface area (Å²) in [7, 11) is 0. The SMILES string of the molecule is O=C(Nc1ccc(C(=O)O)cc1Cl)NN1CCCCC1. The van der Waals surface area contributed by atoms with Gasteiger partial charge in [-0.05, 0) is 31.0 Å². The minimum absolute atomic E-state index is 0.0805. The van der Waals surface area contributed by atoms with Gasteiger partial charge in [-0.3, -0.25) is 5.43 Å². The van der Waals surface area contributed by atoms with Gasteiger partial charge in [0.2, 0.25) is 0 Å². The molecule has 6 nitrogen and oxygen atoms in total. The van der Waals surface area contributed by atoms with Gasteiger partial charge in [0.25, 0.3) is 0 Å². The number of carboxylic acids is 1. The molecule has 1 aromatic carbocycles. The van der Waals surface area contributed by atoms with E-state index >= 15 is 0 Å². The molecule has 1 saturated heterocycles. The molecule has 108 valence electrons. The third-order valence-electron chi connectivity index (χ3n) is 3.08. The van der Waals surface area contributed by atoms with E-state index in [9.17, 15) is 9.59 Å². The monoisotopic (exact) mass is 297 g/mol. The normalized spacial score (nSPS) is 15.7. The molecule has 20 heavy (non-hydrogen) atoms. The number of hydrazine groups is 1. The maximum absolute atomic E-state index is 11.8. The second-order valence-electron chi connectivity index (χ2n) is 4.61. The summed E-state index contributed by atoms with van der Waals surface area (Å²) in [4.78, 5) is 22.6. The van der Waals surface area contributed by atoms with E-state index in [1.807, 2.05) is 5.01 Å². The van der Waals surface area contributed by atoms with E-state index in [0.29, 0.717) is 5.69 Å². The predicted octanol–water partition coefficient (Wildman–Crippen LogP) is 2.56. The second-order valence-corrected chi connectivity index (χ2v) is 5.02. The number of rotatable bonds is 3. The highest BCUT2D eigenvalue weighted by Gasteiger charge is 2.14. The van der Waals surface area contributed by atoms with Crippen LogP contribution in [-0.4, -0.2) is 35.2 Å². The summed E-state index contributed by atoms with van der Waals surface area (Å²) in [6.07, 6.45) is 3.31. The van der Waals surface area contributed by atoms with Crippen LogP contribution in [-0.2, 0) is 0 Å². The smallest absolute Gasteiger partial charge is 0.335 e. The molecule has 0 aliphatic carbocycles. The van der Waals surface area contributed by atoms with Crippen molar-refractivity contribution in [3.05, 3.63) is 28.8 Å². The standard InChI is InChI=1S/C13H16ClN3O3/c14-10-8-9(12(18)19)4-5-11(10)15-13(20)16-17-6-2-1-3-7-17/h4-5,8H,1-3,6-7H2,(H,18,19)(H2,15,16,20). The van der Waals surface area contributed by atoms with Gasteiger partial charge >= 0.3 is 12.0 Å². The van der Waals surface area contributed by atoms with E-state index in [-0.39, 0.29) is 16.6 Å². The Labute approximate surface area is 121 Å². The number of hydrogen-bond donors (Lipinski definition) is 3. The summed E-state index contributed by atoms with van der Waals surface area (Å²) in [5.41, 5.74) is 3.20. The molecule has 0 radical (unpaired) electrons. The number of hydrogen-bond acceptors (Lipinski definition) is 3. The molecule has 0 spiro atoms. The number of urea groups is 1. The molecule has 0 saturated carbocycles. The summed E-state index contributed by atoms with van der Waals surface area (Å²) >= 11 is 5.94. The predicted molar refractivity (Wildman–Crippen MR) is 76.0 cm³/mol. The van der Waals surface area contributed by atoms with Crippen LogP contribution in [0.15, 0.2) is 18.2 Å². The number of carbonyl (C=O) groups excluding carboxylic acids is 1. The summed E-state index contributed by atoms with van der Waals surface area (Å²) in [6.45, 7) is 1.66. The van der Waals surface area contributed by atoms with E-state index in [1.54, 1.807) is 0 Å². The van der Waals surface area contributed by atoms with Gasteiger partial charge in [-0.2, -0.15) is 0 Å². The zero-order valence-electron chi connectivity index (χ0n) is 10.9. The quantitative estimate of drug-likeness (QED) is 0.801. The molecule has 0 aromatic heterocycles. The van der Waals surface area contributed by atoms with Crippen molar-refractivity contribution in [3.63, 3.8) is 0 Å². The summed E-state index contributed by atoms with van der Waals surface area (Å²) in [5, 5.41) is 13.5. The zero-order chi connectivity index (χ0) is 14.5. The van der Waals surface area contributed by atoms with Gasteiger partial charge < -0.3 is 10.4 Å². The van der Waals surface area contributed by atoms with Crippen molar-refractivity contribution in [3.8, 4) is 0 Å². The molecule has 3 N–H and O–H groups in total. The average Bonchev–Trinajstić information content (AvgIpc) is 2.42. The maximum atomic E-state index is 11.8. The average molecular weight is 298 g/mol. The van der Waals surface area contributed by atoms with Gasteiger partial charge in [0.05, 0.1) is 16.3 Å². The number of halogens is 1. The fraction of sp³-hybridized carbons (Fsp3) is 0.385. The summed E-state index contributed by atoms with van der Waals surface area (Å²) in [5.74, 6) is -1.06. The minimum Gasteiger partial charge on any atom is -0.478 e. The zero-order valence-corrected chi connectivity index (χ0v) is 11.6. The lowest BCUT2D eigenvalue weighted by Crippen LogP contribution is -2.46. The number of nitrogens with one attached hydrogen (secondary N) is 2. The summed E-state index contributed by atoms with van der Waals surface area (Å²) < 4.78 is 0. The molecule has 2 amide bonds. The van der Waals surface area contributed by atoms with Crippen molar-refractivity contribution in [1.82, 2.24) is 10.4 Å². The van der Waals surface area contributed by atoms with E-state index in [2.05, 4.69) is 10.7 Å². The highest BCUT2D eigenvalue weighted by atomic mass is 35.5. The Balaban J connectivity index is 1.95. The van der Waals surface area contributed by atoms with Crippen LogP contribution in [0, 0.1) is 0 Å². The minimum atomic E-state index is -1.06. The number of nitrogens with zero attached hydrogens (tertiary/aromatic N) is 1. The number of anilines is 1. The molecule has 1 heterocycles. The molecule has 7 heteroatoms. The maximum Gasteiger partial charge on any atom is 0.335 e. The molecule has 2 rings (SSSR count). The first-order chi connectivity index (χ1) is 9.56. The van der Waals surface area contributed by atoms with Crippen molar-refractivity contribution in [2.24, 2.45) is 0 Å². The molecule has 0 atom stereocenters. The van der Waals surface area contributed by atoms with Crippen LogP contribution in [0.5, 0.6) is 0 Å². The fourth-order valence-corrected chi connectivity index (χ4v) is 2.28. The third kappa shape index (κ3) is 3.85. The number of piperidine rings is 1. The molecule has 0 unspecified atom stereocenters. The number of amides is 2. The first-order valence-electron chi connectivity index (χ1n) is 6.41. The first-order valence-corrected chi connectivity index (χ1v) is 6.79. The van der Waals surface area contributed by atoms with Gasteiger partial charge in [-0.1, -0.05) is 18.0 Å². The van der Waals surface area contributed by atoms with Crippen LogP contribution in [0.2, 0.25) is 5.02 Å². The Kier molecular flexibility index (Phi) is 4.81. The van der Waals surface area contributed by atoms with Crippen molar-refractivity contribution >= 4 is 29.3 Å². The molecular weight excluding hydrogens is 282 g/mol. The lowest BCUT2D eigenvalue weighted by atomic mass is 10.2. The van der Waals surface area contributed by atoms with Gasteiger partial charge in [0.1, 0.15) is 0 Å². The topological polar surface area (TPSA) is 81.7 Å². The van der Waals surface area contributed by atoms with Crippen LogP contribution >= 0.6 is 11.6 Å². The molecule has 0 bridgehead atoms. The third-order valence-corrected chi connectivity index (χ3v) is 3.39. The van der Waals surface area contributed by atoms with E-state index in [1.165, 1.54) is 24.6 Å². The van der Waals surface area contributed by atoms with Crippen LogP contribution in [0.25, 0.3) is 0 Å². The fourth-order valence-electron chi connectivity index (χ4n) is 2.05. The summed E-state index contributed by atoms with van der Waals surface area (Å²) in [6, 6.07) is 3.80. The van der Waals surface area contributed by atoms with Gasteiger partial charge in [0, 0.05) is 13.1 Å². The van der Waals surface area contributed by atoms with Crippen molar-refractivity contribution in [1.29, 1.82) is 0 Å². The Morgan fingerprint density at radius 3 is 2.50 bits per heavy atom. The molecule has 1 aromatic rings. The van der Waals surface area contributed by atoms with Crippen LogP contribution in [0.4, 0.5) is 10.5 Å². The van der Waals surface area contributed by atoms with Crippen molar-refractivity contribution < 1.29 is 14.7 Å². The first kappa shape index (κ1) is 14.6. The van der Waals surface area contributed by atoms with Gasteiger partial charge in [-0.15, -0.1) is 0 Å². The number of carbonyl (C=O) groups is 2. The van der Waals surface area contributed by atoms with E-state index in [4.69, 9.17) is 16.7 Å². The number of aromatic carboxylic acids is 1. The highest BCUT2D eigenvalue weighted by molar-refractivity contribution is 6.34. The number of benzene rings is 1. The Morgan fingerprint density at radius 2 is 1.90 bits per heavy atom. The van der Waals surface area contributed by atoms with E-state index < -0.39 is 5.97 Å². The Morgan fingerprint density at radius 1 is 1.20 bits per heavy atom. The molecule has 1 aliphatic rings. The van der Waals surface area contributed by atoms with Crippen molar-refractivity contribution in [2.45, 2.75) is 19.3 Å². The van der Waals surface area contributed by atoms with Crippen LogP contribution < -0.4 is 10.7 Å². The largest absolute Gasteiger partial charge is 0.478 e. The van der Waals surface area contributed by atoms with Crippen LogP contribution in [0.3, 0.4) is 0 Å². The highest BCUT2D eigenvalue weighted by Crippen LogP contribution is 2.23. The second kappa shape index (κ2) is 6.58. The Bertz CT molecular complexity index is 516. The van der Waals surface area contributed by atoms with Crippen molar-refractivity contribution in [2.75, 3.05) is 18.4 Å². The number of carboxylic acid groups (broad SMARTS) is 1. The molecule has 1 fully saturated rings. The van der Waals surface area contributed by atoms with Gasteiger partial charge in [-0.25, -0.2) is 14.6 Å². The molecule has 1 aliphatic heterocycles. The molecular formula is C13H16ClN3O3. The Hall–Kier alpha value is -1.79. The lowest BCUT2D eigenvalue weighted by Gasteiger charge is -2.26. The lowest BCUT2D eigenvalue weighted by molar-refractivity contribution is 0.0697. The van der Waals surface area contributed by atoms with Gasteiger partial charge in [0.15, 0.2) is 0 Å². The van der Waals surface area contributed by atoms with E-state index in [0.717, 1.165) is 25.9 Å².